The van der Waals surface area contributed by atoms with E-state index in [0.29, 0.717) is 0 Å². The third kappa shape index (κ3) is 12.5. The molecule has 0 fully saturated rings. The SMILES string of the molecule is O=S(=O)(O[SiH2])O[SiH2].[AlH3].[Fe].[Fe]. The fourth-order valence-corrected chi connectivity index (χ4v) is 0.919. The summed E-state index contributed by atoms with van der Waals surface area (Å²) in [6, 6.07) is 0. The van der Waals surface area contributed by atoms with Gasteiger partial charge in [-0.15, -0.1) is 0 Å². The van der Waals surface area contributed by atoms with Crippen LogP contribution in [0.5, 0.6) is 0 Å². The Hall–Kier alpha value is 1.88. The van der Waals surface area contributed by atoms with Gasteiger partial charge in [0.25, 0.3) is 0 Å². The minimum absolute atomic E-state index is 0. The van der Waals surface area contributed by atoms with Crippen LogP contribution in [0.15, 0.2) is 0 Å². The Balaban J connectivity index is -0.0000000600. The van der Waals surface area contributed by atoms with Gasteiger partial charge in [-0.25, -0.2) is 0 Å². The van der Waals surface area contributed by atoms with Gasteiger partial charge in [0.2, 0.25) is 21.0 Å². The molecule has 0 aliphatic heterocycles. The molecule has 0 aliphatic carbocycles. The van der Waals surface area contributed by atoms with Crippen molar-refractivity contribution < 1.29 is 50.3 Å². The molecule has 0 saturated carbocycles. The molecule has 0 aromatic carbocycles. The van der Waals surface area contributed by atoms with Crippen molar-refractivity contribution in [2.45, 2.75) is 0 Å². The monoisotopic (exact) mass is 298 g/mol. The second-order valence-corrected chi connectivity index (χ2v) is 3.35. The predicted octanol–water partition coefficient (Wildman–Crippen LogP) is -3.83. The van der Waals surface area contributed by atoms with Crippen LogP contribution in [0.1, 0.15) is 0 Å². The van der Waals surface area contributed by atoms with E-state index in [9.17, 15) is 8.42 Å². The number of rotatable bonds is 2. The van der Waals surface area contributed by atoms with Gasteiger partial charge in [0.15, 0.2) is 17.4 Å². The van der Waals surface area contributed by atoms with Crippen molar-refractivity contribution in [2.75, 3.05) is 0 Å². The van der Waals surface area contributed by atoms with Crippen molar-refractivity contribution in [1.29, 1.82) is 0 Å². The summed E-state index contributed by atoms with van der Waals surface area (Å²) >= 11 is 0. The molecule has 0 aromatic rings. The Bertz CT molecular complexity index is 124. The van der Waals surface area contributed by atoms with Crippen molar-refractivity contribution in [2.24, 2.45) is 0 Å². The molecule has 10 heavy (non-hydrogen) atoms. The Labute approximate surface area is 98.3 Å². The molecule has 0 atom stereocenters. The second kappa shape index (κ2) is 10.9. The molecule has 0 unspecified atom stereocenters. The van der Waals surface area contributed by atoms with Crippen LogP contribution in [0.4, 0.5) is 0 Å². The predicted molar refractivity (Wildman–Crippen MR) is 38.1 cm³/mol. The summed E-state index contributed by atoms with van der Waals surface area (Å²) in [5.74, 6) is 0. The maximum atomic E-state index is 9.94. The van der Waals surface area contributed by atoms with E-state index >= 15 is 0 Å². The van der Waals surface area contributed by atoms with Crippen molar-refractivity contribution in [1.82, 2.24) is 0 Å². The van der Waals surface area contributed by atoms with E-state index < -0.39 is 10.4 Å². The third-order valence-corrected chi connectivity index (χ3v) is 2.60. The van der Waals surface area contributed by atoms with Gasteiger partial charge in [-0.3, -0.25) is 0 Å². The van der Waals surface area contributed by atoms with E-state index in [4.69, 9.17) is 0 Å². The minimum Gasteiger partial charge on any atom is -0.303 e. The molecule has 0 bridgehead atoms. The van der Waals surface area contributed by atoms with Gasteiger partial charge in [-0.05, 0) is 0 Å². The Kier molecular flexibility index (Phi) is 24.6. The average molecular weight is 298 g/mol. The molecule has 0 aromatic heterocycles. The van der Waals surface area contributed by atoms with Crippen molar-refractivity contribution >= 4 is 48.7 Å². The normalized spacial score (nSPS) is 8.20. The van der Waals surface area contributed by atoms with Gasteiger partial charge in [0.05, 0.1) is 0 Å². The zero-order valence-corrected chi connectivity index (χ0v) is 10.0. The molecule has 0 spiro atoms. The average Bonchev–Trinajstić information content (AvgIpc) is 1.68. The molecular weight excluding hydrogens is 291 g/mol. The van der Waals surface area contributed by atoms with E-state index in [2.05, 4.69) is 7.74 Å². The maximum absolute atomic E-state index is 9.94. The first-order valence-electron chi connectivity index (χ1n) is 1.24. The summed E-state index contributed by atoms with van der Waals surface area (Å²) in [5.41, 5.74) is 0. The standard InChI is InChI=1S/Al.2Fe.H4O4SSi2.3H/c;;;1-5(2,3-6)4-7;;;/h;;;6-7H2;;;. The Morgan fingerprint density at radius 2 is 1.20 bits per heavy atom. The van der Waals surface area contributed by atoms with E-state index in [1.165, 1.54) is 0 Å². The van der Waals surface area contributed by atoms with E-state index in [-0.39, 0.29) is 51.5 Å². The van der Waals surface area contributed by atoms with Crippen LogP contribution in [-0.4, -0.2) is 46.8 Å². The van der Waals surface area contributed by atoms with Gasteiger partial charge in [0, 0.05) is 34.1 Å². The van der Waals surface area contributed by atoms with Crippen LogP contribution in [0.3, 0.4) is 0 Å². The Morgan fingerprint density at radius 3 is 1.20 bits per heavy atom. The summed E-state index contributed by atoms with van der Waals surface area (Å²) in [5, 5.41) is 0. The molecule has 10 heteroatoms. The first-order valence-corrected chi connectivity index (χ1v) is 3.73. The molecule has 2 radical (unpaired) electrons. The van der Waals surface area contributed by atoms with Crippen LogP contribution < -0.4 is 0 Å². The first kappa shape index (κ1) is 22.6. The first-order chi connectivity index (χ1) is 3.12. The molecule has 0 aliphatic rings. The number of hydrogen-bond acceptors (Lipinski definition) is 4. The van der Waals surface area contributed by atoms with E-state index in [1.807, 2.05) is 0 Å². The van der Waals surface area contributed by atoms with Crippen molar-refractivity contribution in [3.63, 3.8) is 0 Å². The smallest absolute Gasteiger partial charge is 0.303 e. The molecule has 4 nitrogen and oxygen atoms in total. The molecule has 0 N–H and O–H groups in total. The van der Waals surface area contributed by atoms with E-state index in [1.54, 1.807) is 0 Å². The summed E-state index contributed by atoms with van der Waals surface area (Å²) in [7, 11) is -1.92. The van der Waals surface area contributed by atoms with E-state index in [0.717, 1.165) is 21.0 Å². The largest absolute Gasteiger partial charge is 0.378 e. The topological polar surface area (TPSA) is 52.6 Å². The molecule has 64 valence electrons. The summed E-state index contributed by atoms with van der Waals surface area (Å²) in [4.78, 5) is 0. The van der Waals surface area contributed by atoms with Gasteiger partial charge in [-0.2, -0.15) is 8.42 Å². The van der Waals surface area contributed by atoms with Gasteiger partial charge >= 0.3 is 10.4 Å². The van der Waals surface area contributed by atoms with Gasteiger partial charge in [0.1, 0.15) is 0 Å². The maximum Gasteiger partial charge on any atom is 0.378 e. The van der Waals surface area contributed by atoms with Crippen molar-refractivity contribution in [3.8, 4) is 0 Å². The third-order valence-electron chi connectivity index (χ3n) is 0.289. The molecular formula is H7AlFe2O4SSi2. The van der Waals surface area contributed by atoms with Crippen LogP contribution in [0, 0.1) is 0 Å². The zero-order chi connectivity index (χ0) is 5.91. The van der Waals surface area contributed by atoms with Gasteiger partial charge in [-0.1, -0.05) is 0 Å². The van der Waals surface area contributed by atoms with Crippen LogP contribution in [0.2, 0.25) is 0 Å². The fourth-order valence-electron chi connectivity index (χ4n) is 0.0340. The summed E-state index contributed by atoms with van der Waals surface area (Å²) < 4.78 is 27.6. The minimum atomic E-state index is -3.63. The quantitative estimate of drug-likeness (QED) is 0.490. The van der Waals surface area contributed by atoms with Crippen LogP contribution in [-0.2, 0) is 52.3 Å². The van der Waals surface area contributed by atoms with Crippen LogP contribution in [0.25, 0.3) is 0 Å². The Morgan fingerprint density at radius 1 is 1.00 bits per heavy atom. The number of hydrogen-bond donors (Lipinski definition) is 0. The zero-order valence-electron chi connectivity index (χ0n) is 4.16. The molecule has 0 rings (SSSR count). The van der Waals surface area contributed by atoms with Crippen LogP contribution >= 0.6 is 0 Å². The second-order valence-electron chi connectivity index (χ2n) is 0.644. The summed E-state index contributed by atoms with van der Waals surface area (Å²) in [6.45, 7) is 0. The molecule has 0 amide bonds. The molecule has 0 heterocycles. The summed E-state index contributed by atoms with van der Waals surface area (Å²) in [6.07, 6.45) is 0. The fraction of sp³-hybridized carbons (Fsp3) is 0. The molecule has 0 saturated heterocycles. The van der Waals surface area contributed by atoms with Crippen molar-refractivity contribution in [3.05, 3.63) is 0 Å². The van der Waals surface area contributed by atoms with Gasteiger partial charge < -0.3 is 7.74 Å².